The molecule has 134 valence electrons. The molecule has 3 heterocycles. The molecule has 4 rings (SSSR count). The predicted molar refractivity (Wildman–Crippen MR) is 99.8 cm³/mol. The van der Waals surface area contributed by atoms with Gasteiger partial charge in [-0.1, -0.05) is 19.1 Å². The van der Waals surface area contributed by atoms with Crippen LogP contribution in [0.25, 0.3) is 11.3 Å². The molecular weight excluding hydrogens is 312 g/mol. The summed E-state index contributed by atoms with van der Waals surface area (Å²) in [4.78, 5) is 5.26. The number of benzene rings is 1. The van der Waals surface area contributed by atoms with Gasteiger partial charge in [-0.15, -0.1) is 0 Å². The maximum absolute atomic E-state index is 5.38. The van der Waals surface area contributed by atoms with Gasteiger partial charge in [-0.25, -0.2) is 0 Å². The highest BCUT2D eigenvalue weighted by atomic mass is 16.5. The number of likely N-dealkylation sites (N-methyl/N-ethyl adjacent to an activating group) is 1. The van der Waals surface area contributed by atoms with E-state index in [9.17, 15) is 0 Å². The van der Waals surface area contributed by atoms with E-state index in [0.717, 1.165) is 43.1 Å². The minimum atomic E-state index is 0.676. The van der Waals surface area contributed by atoms with E-state index < -0.39 is 0 Å². The first-order chi connectivity index (χ1) is 12.3. The first kappa shape index (κ1) is 16.6. The second kappa shape index (κ2) is 7.18. The van der Waals surface area contributed by atoms with E-state index in [-0.39, 0.29) is 0 Å². The van der Waals surface area contributed by atoms with Crippen molar-refractivity contribution in [2.75, 3.05) is 33.3 Å². The summed E-state index contributed by atoms with van der Waals surface area (Å²) in [6, 6.07) is 8.90. The summed E-state index contributed by atoms with van der Waals surface area (Å²) >= 11 is 0. The van der Waals surface area contributed by atoms with Crippen molar-refractivity contribution in [1.82, 2.24) is 20.0 Å². The SMILES string of the molecule is CCN1CCCC(N2CCc3[nH]nc(-c4cccc(OC)c4)c3C2)C1. The molecule has 0 radical (unpaired) electrons. The minimum Gasteiger partial charge on any atom is -0.497 e. The Kier molecular flexibility index (Phi) is 4.77. The Bertz CT molecular complexity index is 726. The molecule has 1 aromatic carbocycles. The van der Waals surface area contributed by atoms with Crippen LogP contribution in [0, 0.1) is 0 Å². The molecule has 5 heteroatoms. The Morgan fingerprint density at radius 2 is 2.24 bits per heavy atom. The lowest BCUT2D eigenvalue weighted by Crippen LogP contribution is -2.49. The van der Waals surface area contributed by atoms with Crippen LogP contribution in [0.1, 0.15) is 31.0 Å². The van der Waals surface area contributed by atoms with Crippen LogP contribution in [-0.4, -0.2) is 59.3 Å². The summed E-state index contributed by atoms with van der Waals surface area (Å²) in [5.74, 6) is 0.882. The van der Waals surface area contributed by atoms with Crippen LogP contribution in [0.15, 0.2) is 24.3 Å². The molecule has 5 nitrogen and oxygen atoms in total. The first-order valence-electron chi connectivity index (χ1n) is 9.45. The van der Waals surface area contributed by atoms with Crippen molar-refractivity contribution in [2.45, 2.75) is 38.8 Å². The van der Waals surface area contributed by atoms with Gasteiger partial charge >= 0.3 is 0 Å². The molecule has 0 spiro atoms. The van der Waals surface area contributed by atoms with Crippen molar-refractivity contribution >= 4 is 0 Å². The third-order valence-electron chi connectivity index (χ3n) is 5.75. The maximum atomic E-state index is 5.38. The molecule has 1 N–H and O–H groups in total. The van der Waals surface area contributed by atoms with Gasteiger partial charge in [0.05, 0.1) is 12.8 Å². The van der Waals surface area contributed by atoms with Crippen LogP contribution < -0.4 is 4.74 Å². The van der Waals surface area contributed by atoms with Crippen molar-refractivity contribution < 1.29 is 4.74 Å². The Morgan fingerprint density at radius 3 is 3.08 bits per heavy atom. The average Bonchev–Trinajstić information content (AvgIpc) is 3.11. The standard InChI is InChI=1S/C20H28N4O/c1-3-23-10-5-7-16(13-23)24-11-9-19-18(14-24)20(22-21-19)15-6-4-8-17(12-15)25-2/h4,6,8,12,16H,3,5,7,9-11,13-14H2,1-2H3,(H,21,22). The van der Waals surface area contributed by atoms with Gasteiger partial charge in [0, 0.05) is 48.9 Å². The molecule has 2 aromatic rings. The van der Waals surface area contributed by atoms with E-state index in [1.165, 1.54) is 37.2 Å². The Balaban J connectivity index is 1.57. The number of fused-ring (bicyclic) bond motifs is 1. The van der Waals surface area contributed by atoms with E-state index in [1.54, 1.807) is 7.11 Å². The molecule has 0 aliphatic carbocycles. The number of likely N-dealkylation sites (tertiary alicyclic amines) is 1. The molecule has 25 heavy (non-hydrogen) atoms. The van der Waals surface area contributed by atoms with Crippen molar-refractivity contribution in [1.29, 1.82) is 0 Å². The topological polar surface area (TPSA) is 44.4 Å². The van der Waals surface area contributed by atoms with Crippen LogP contribution in [0.4, 0.5) is 0 Å². The van der Waals surface area contributed by atoms with Crippen molar-refractivity contribution in [3.63, 3.8) is 0 Å². The number of ether oxygens (including phenoxy) is 1. The fourth-order valence-electron chi connectivity index (χ4n) is 4.25. The third-order valence-corrected chi connectivity index (χ3v) is 5.75. The van der Waals surface area contributed by atoms with Crippen LogP contribution >= 0.6 is 0 Å². The second-order valence-corrected chi connectivity index (χ2v) is 7.17. The molecule has 1 atom stereocenters. The van der Waals surface area contributed by atoms with Crippen molar-refractivity contribution in [2.24, 2.45) is 0 Å². The molecule has 0 amide bonds. The van der Waals surface area contributed by atoms with E-state index >= 15 is 0 Å². The van der Waals surface area contributed by atoms with Gasteiger partial charge in [-0.3, -0.25) is 10.00 Å². The van der Waals surface area contributed by atoms with Crippen LogP contribution in [-0.2, 0) is 13.0 Å². The fraction of sp³-hybridized carbons (Fsp3) is 0.550. The molecule has 2 aliphatic rings. The largest absolute Gasteiger partial charge is 0.497 e. The second-order valence-electron chi connectivity index (χ2n) is 7.17. The van der Waals surface area contributed by atoms with Gasteiger partial charge in [-0.05, 0) is 38.1 Å². The zero-order chi connectivity index (χ0) is 17.2. The van der Waals surface area contributed by atoms with E-state index in [1.807, 2.05) is 12.1 Å². The smallest absolute Gasteiger partial charge is 0.119 e. The van der Waals surface area contributed by atoms with Gasteiger partial charge in [0.1, 0.15) is 5.75 Å². The zero-order valence-corrected chi connectivity index (χ0v) is 15.3. The summed E-state index contributed by atoms with van der Waals surface area (Å²) < 4.78 is 5.38. The monoisotopic (exact) mass is 340 g/mol. The lowest BCUT2D eigenvalue weighted by Gasteiger charge is -2.40. The van der Waals surface area contributed by atoms with Gasteiger partial charge < -0.3 is 9.64 Å². The summed E-state index contributed by atoms with van der Waals surface area (Å²) in [5, 5.41) is 7.91. The highest BCUT2D eigenvalue weighted by Crippen LogP contribution is 2.31. The average molecular weight is 340 g/mol. The lowest BCUT2D eigenvalue weighted by molar-refractivity contribution is 0.0905. The van der Waals surface area contributed by atoms with Crippen molar-refractivity contribution in [3.8, 4) is 17.0 Å². The highest BCUT2D eigenvalue weighted by Gasteiger charge is 2.30. The number of aromatic nitrogens is 2. The van der Waals surface area contributed by atoms with E-state index in [4.69, 9.17) is 4.74 Å². The fourth-order valence-corrected chi connectivity index (χ4v) is 4.25. The molecule has 1 aromatic heterocycles. The normalized spacial score (nSPS) is 21.9. The lowest BCUT2D eigenvalue weighted by atomic mass is 9.97. The van der Waals surface area contributed by atoms with Crippen LogP contribution in [0.2, 0.25) is 0 Å². The quantitative estimate of drug-likeness (QED) is 0.929. The zero-order valence-electron chi connectivity index (χ0n) is 15.3. The Hall–Kier alpha value is -1.85. The van der Waals surface area contributed by atoms with Gasteiger partial charge in [0.2, 0.25) is 0 Å². The summed E-state index contributed by atoms with van der Waals surface area (Å²) in [6.45, 7) is 8.03. The van der Waals surface area contributed by atoms with Gasteiger partial charge in [-0.2, -0.15) is 5.10 Å². The number of hydrogen-bond donors (Lipinski definition) is 1. The van der Waals surface area contributed by atoms with E-state index in [0.29, 0.717) is 6.04 Å². The summed E-state index contributed by atoms with van der Waals surface area (Å²) in [6.07, 6.45) is 3.70. The molecule has 0 bridgehead atoms. The number of aromatic amines is 1. The summed E-state index contributed by atoms with van der Waals surface area (Å²) in [5.41, 5.74) is 4.89. The number of piperidine rings is 1. The number of rotatable bonds is 4. The molecule has 1 fully saturated rings. The number of methoxy groups -OCH3 is 1. The first-order valence-corrected chi connectivity index (χ1v) is 9.45. The molecule has 1 saturated heterocycles. The number of H-pyrrole nitrogens is 1. The molecule has 0 saturated carbocycles. The van der Waals surface area contributed by atoms with Gasteiger partial charge in [0.25, 0.3) is 0 Å². The Morgan fingerprint density at radius 1 is 1.32 bits per heavy atom. The number of nitrogens with one attached hydrogen (secondary N) is 1. The van der Waals surface area contributed by atoms with Crippen molar-refractivity contribution in [3.05, 3.63) is 35.5 Å². The minimum absolute atomic E-state index is 0.676. The number of hydrogen-bond acceptors (Lipinski definition) is 4. The third kappa shape index (κ3) is 3.31. The van der Waals surface area contributed by atoms with Crippen LogP contribution in [0.5, 0.6) is 5.75 Å². The summed E-state index contributed by atoms with van der Waals surface area (Å²) in [7, 11) is 1.71. The number of nitrogens with zero attached hydrogens (tertiary/aromatic N) is 3. The Labute approximate surface area is 150 Å². The molecular formula is C20H28N4O. The van der Waals surface area contributed by atoms with Gasteiger partial charge in [0.15, 0.2) is 0 Å². The highest BCUT2D eigenvalue weighted by molar-refractivity contribution is 5.66. The molecule has 1 unspecified atom stereocenters. The van der Waals surface area contributed by atoms with Crippen LogP contribution in [0.3, 0.4) is 0 Å². The predicted octanol–water partition coefficient (Wildman–Crippen LogP) is 2.93. The maximum Gasteiger partial charge on any atom is 0.119 e. The van der Waals surface area contributed by atoms with E-state index in [2.05, 4.69) is 39.1 Å². The molecule has 2 aliphatic heterocycles.